The molecule has 0 amide bonds. The fourth-order valence-electron chi connectivity index (χ4n) is 4.06. The second-order valence-electron chi connectivity index (χ2n) is 6.13. The summed E-state index contributed by atoms with van der Waals surface area (Å²) in [5.74, 6) is 2.53. The van der Waals surface area contributed by atoms with Crippen LogP contribution in [0.3, 0.4) is 0 Å². The van der Waals surface area contributed by atoms with Gasteiger partial charge in [0.15, 0.2) is 0 Å². The number of hydrogen-bond acceptors (Lipinski definition) is 3. The van der Waals surface area contributed by atoms with Gasteiger partial charge in [0, 0.05) is 15.7 Å². The molecule has 0 heterocycles. The Morgan fingerprint density at radius 3 is 1.94 bits per heavy atom. The second-order valence-corrected chi connectivity index (χ2v) is 8.40. The molecule has 0 spiro atoms. The van der Waals surface area contributed by atoms with E-state index in [1.807, 2.05) is 0 Å². The number of rotatable bonds is 3. The van der Waals surface area contributed by atoms with E-state index in [2.05, 4.69) is 19.6 Å². The van der Waals surface area contributed by atoms with Crippen LogP contribution in [0.4, 0.5) is 0 Å². The van der Waals surface area contributed by atoms with Crippen LogP contribution < -0.4 is 0 Å². The van der Waals surface area contributed by atoms with Crippen molar-refractivity contribution in [3.63, 3.8) is 0 Å². The molecular formula is C14H26S3. The predicted molar refractivity (Wildman–Crippen MR) is 86.8 cm³/mol. The van der Waals surface area contributed by atoms with Crippen LogP contribution in [0, 0.1) is 17.8 Å². The van der Waals surface area contributed by atoms with Gasteiger partial charge in [-0.15, -0.1) is 0 Å². The van der Waals surface area contributed by atoms with E-state index in [4.69, 9.17) is 25.3 Å². The van der Waals surface area contributed by atoms with Crippen molar-refractivity contribution in [1.82, 2.24) is 0 Å². The highest BCUT2D eigenvalue weighted by Crippen LogP contribution is 2.45. The minimum atomic E-state index is 0.530. The maximum Gasteiger partial charge on any atom is 0.00220 e. The molecule has 0 aromatic carbocycles. The molecule has 2 rings (SSSR count). The van der Waals surface area contributed by atoms with Crippen molar-refractivity contribution in [3.8, 4) is 0 Å². The molecule has 0 N–H and O–H groups in total. The van der Waals surface area contributed by atoms with E-state index in [0.29, 0.717) is 15.7 Å². The van der Waals surface area contributed by atoms with Crippen molar-refractivity contribution in [1.29, 1.82) is 0 Å². The average Bonchev–Trinajstić information content (AvgIpc) is 2.64. The van der Waals surface area contributed by atoms with E-state index in [9.17, 15) is 0 Å². The van der Waals surface area contributed by atoms with Crippen molar-refractivity contribution in [2.24, 2.45) is 17.8 Å². The summed E-state index contributed by atoms with van der Waals surface area (Å²) in [7, 11) is 0. The predicted octanol–water partition coefficient (Wildman–Crippen LogP) is 4.51. The molecule has 0 bridgehead atoms. The second kappa shape index (κ2) is 6.47. The van der Waals surface area contributed by atoms with E-state index < -0.39 is 0 Å². The highest BCUT2D eigenvalue weighted by atomic mass is 32.1. The van der Waals surface area contributed by atoms with Gasteiger partial charge in [0.05, 0.1) is 0 Å². The van der Waals surface area contributed by atoms with E-state index in [1.165, 1.54) is 44.9 Å². The van der Waals surface area contributed by atoms with Crippen LogP contribution in [-0.2, 0) is 0 Å². The molecule has 2 aliphatic rings. The van der Waals surface area contributed by atoms with Gasteiger partial charge in [-0.25, -0.2) is 0 Å². The van der Waals surface area contributed by atoms with E-state index in [1.54, 1.807) is 0 Å². The largest absolute Gasteiger partial charge is 0.176 e. The zero-order valence-corrected chi connectivity index (χ0v) is 13.4. The quantitative estimate of drug-likeness (QED) is 0.626. The van der Waals surface area contributed by atoms with E-state index in [-0.39, 0.29) is 0 Å². The molecule has 0 aromatic rings. The molecule has 0 aliphatic heterocycles. The first-order chi connectivity index (χ1) is 8.08. The summed E-state index contributed by atoms with van der Waals surface area (Å²) < 4.78 is 0. The lowest BCUT2D eigenvalue weighted by molar-refractivity contribution is 0.183. The fourth-order valence-corrected chi connectivity index (χ4v) is 5.42. The molecule has 0 aromatic heterocycles. The molecule has 100 valence electrons. The third-order valence-electron chi connectivity index (χ3n) is 4.78. The summed E-state index contributed by atoms with van der Waals surface area (Å²) in [5, 5.41) is 1.81. The van der Waals surface area contributed by atoms with Crippen LogP contribution in [0.1, 0.15) is 51.9 Å². The maximum absolute atomic E-state index is 4.79. The smallest absolute Gasteiger partial charge is 0.00220 e. The molecule has 0 saturated heterocycles. The van der Waals surface area contributed by atoms with Gasteiger partial charge in [-0.2, -0.15) is 37.9 Å². The molecule has 2 fully saturated rings. The third kappa shape index (κ3) is 3.76. The Labute approximate surface area is 123 Å². The van der Waals surface area contributed by atoms with E-state index >= 15 is 0 Å². The van der Waals surface area contributed by atoms with Crippen molar-refractivity contribution in [2.75, 3.05) is 0 Å². The van der Waals surface area contributed by atoms with Crippen LogP contribution >= 0.6 is 37.9 Å². The Morgan fingerprint density at radius 1 is 0.882 bits per heavy atom. The first-order valence-electron chi connectivity index (χ1n) is 7.12. The SMILES string of the molecule is CC(S)C(C1CCCC(S)C1)C1CCC(S)C1. The summed E-state index contributed by atoms with van der Waals surface area (Å²) >= 11 is 14.1. The molecule has 17 heavy (non-hydrogen) atoms. The Bertz CT molecular complexity index is 242. The fraction of sp³-hybridized carbons (Fsp3) is 1.00. The number of thiol groups is 3. The Hall–Kier alpha value is 1.05. The van der Waals surface area contributed by atoms with Gasteiger partial charge in [0.2, 0.25) is 0 Å². The molecule has 0 radical (unpaired) electrons. The van der Waals surface area contributed by atoms with Crippen molar-refractivity contribution < 1.29 is 0 Å². The molecule has 6 unspecified atom stereocenters. The lowest BCUT2D eigenvalue weighted by atomic mass is 9.72. The zero-order chi connectivity index (χ0) is 12.4. The van der Waals surface area contributed by atoms with Crippen molar-refractivity contribution in [2.45, 2.75) is 67.6 Å². The van der Waals surface area contributed by atoms with Gasteiger partial charge in [0.25, 0.3) is 0 Å². The van der Waals surface area contributed by atoms with Gasteiger partial charge < -0.3 is 0 Å². The number of hydrogen-bond donors (Lipinski definition) is 3. The van der Waals surface area contributed by atoms with Crippen LogP contribution in [0.25, 0.3) is 0 Å². The van der Waals surface area contributed by atoms with Crippen molar-refractivity contribution in [3.05, 3.63) is 0 Å². The van der Waals surface area contributed by atoms with Gasteiger partial charge in [-0.05, 0) is 49.9 Å². The highest BCUT2D eigenvalue weighted by molar-refractivity contribution is 7.81. The monoisotopic (exact) mass is 290 g/mol. The van der Waals surface area contributed by atoms with Gasteiger partial charge >= 0.3 is 0 Å². The van der Waals surface area contributed by atoms with E-state index in [0.717, 1.165) is 17.8 Å². The molecule has 2 saturated carbocycles. The first-order valence-corrected chi connectivity index (χ1v) is 8.67. The zero-order valence-electron chi connectivity index (χ0n) is 10.8. The lowest BCUT2D eigenvalue weighted by Gasteiger charge is -2.38. The summed E-state index contributed by atoms with van der Waals surface area (Å²) in [6.07, 6.45) is 9.39. The lowest BCUT2D eigenvalue weighted by Crippen LogP contribution is -2.33. The maximum atomic E-state index is 4.79. The van der Waals surface area contributed by atoms with Crippen LogP contribution in [0.15, 0.2) is 0 Å². The molecule has 2 aliphatic carbocycles. The minimum absolute atomic E-state index is 0.530. The standard InChI is InChI=1S/C14H26S3/c1-9(15)14(11-5-6-13(17)8-11)10-3-2-4-12(16)7-10/h9-17H,2-8H2,1H3. The molecule has 0 nitrogen and oxygen atoms in total. The van der Waals surface area contributed by atoms with Gasteiger partial charge in [-0.1, -0.05) is 19.8 Å². The Balaban J connectivity index is 2.01. The highest BCUT2D eigenvalue weighted by Gasteiger charge is 2.37. The van der Waals surface area contributed by atoms with Gasteiger partial charge in [0.1, 0.15) is 0 Å². The minimum Gasteiger partial charge on any atom is -0.176 e. The molecule has 6 atom stereocenters. The Morgan fingerprint density at radius 2 is 1.47 bits per heavy atom. The summed E-state index contributed by atoms with van der Waals surface area (Å²) in [6, 6.07) is 0. The topological polar surface area (TPSA) is 0 Å². The first kappa shape index (κ1) is 14.5. The third-order valence-corrected chi connectivity index (χ3v) is 6.06. The average molecular weight is 291 g/mol. The van der Waals surface area contributed by atoms with Gasteiger partial charge in [-0.3, -0.25) is 0 Å². The Kier molecular flexibility index (Phi) is 5.50. The molecular weight excluding hydrogens is 264 g/mol. The normalized spacial score (nSPS) is 42.4. The van der Waals surface area contributed by atoms with Crippen LogP contribution in [0.5, 0.6) is 0 Å². The van der Waals surface area contributed by atoms with Crippen molar-refractivity contribution >= 4 is 37.9 Å². The summed E-state index contributed by atoms with van der Waals surface area (Å²) in [5.41, 5.74) is 0. The molecule has 3 heteroatoms. The summed E-state index contributed by atoms with van der Waals surface area (Å²) in [6.45, 7) is 2.29. The van der Waals surface area contributed by atoms with Crippen LogP contribution in [0.2, 0.25) is 0 Å². The summed E-state index contributed by atoms with van der Waals surface area (Å²) in [4.78, 5) is 0. The van der Waals surface area contributed by atoms with Crippen LogP contribution in [-0.4, -0.2) is 15.7 Å².